The van der Waals surface area contributed by atoms with E-state index in [-0.39, 0.29) is 19.0 Å². The Hall–Kier alpha value is -1.11. The van der Waals surface area contributed by atoms with Gasteiger partial charge in [-0.15, -0.1) is 0 Å². The Morgan fingerprint density at radius 2 is 2.00 bits per heavy atom. The largest absolute Gasteiger partial charge is 0.524 e. The van der Waals surface area contributed by atoms with Crippen LogP contribution in [0.4, 0.5) is 0 Å². The molecule has 0 aromatic heterocycles. The van der Waals surface area contributed by atoms with Crippen molar-refractivity contribution in [2.45, 2.75) is 6.04 Å². The maximum Gasteiger partial charge on any atom is 0.524 e. The number of phosphoric ester groups is 1. The fourth-order valence-electron chi connectivity index (χ4n) is 1.01. The molecule has 0 bridgehead atoms. The molecule has 1 aromatic carbocycles. The quantitative estimate of drug-likeness (QED) is 0.526. The summed E-state index contributed by atoms with van der Waals surface area (Å²) in [7, 11) is -4.57. The lowest BCUT2D eigenvalue weighted by Crippen LogP contribution is -2.31. The van der Waals surface area contributed by atoms with Crippen LogP contribution in [-0.4, -0.2) is 34.1 Å². The van der Waals surface area contributed by atoms with E-state index in [9.17, 15) is 4.57 Å². The van der Waals surface area contributed by atoms with Gasteiger partial charge in [0.05, 0.1) is 12.6 Å². The third kappa shape index (κ3) is 5.67. The van der Waals surface area contributed by atoms with Crippen LogP contribution in [0.1, 0.15) is 0 Å². The molecule has 0 unspecified atom stereocenters. The first-order valence-electron chi connectivity index (χ1n) is 4.75. The van der Waals surface area contributed by atoms with Crippen molar-refractivity contribution in [3.63, 3.8) is 0 Å². The lowest BCUT2D eigenvalue weighted by molar-refractivity contribution is 0.206. The van der Waals surface area contributed by atoms with Gasteiger partial charge in [-0.2, -0.15) is 0 Å². The molecule has 1 rings (SSSR count). The molecule has 7 nitrogen and oxygen atoms in total. The molecule has 0 radical (unpaired) electrons. The summed E-state index contributed by atoms with van der Waals surface area (Å²) < 4.78 is 20.2. The van der Waals surface area contributed by atoms with Crippen molar-refractivity contribution in [3.8, 4) is 11.5 Å². The van der Waals surface area contributed by atoms with E-state index >= 15 is 0 Å². The van der Waals surface area contributed by atoms with Crippen LogP contribution in [0.3, 0.4) is 0 Å². The van der Waals surface area contributed by atoms with Crippen molar-refractivity contribution in [1.29, 1.82) is 0 Å². The van der Waals surface area contributed by atoms with Gasteiger partial charge in [-0.05, 0) is 12.1 Å². The minimum absolute atomic E-state index is 0.00611. The summed E-state index contributed by atoms with van der Waals surface area (Å²) in [6.45, 7) is -0.117. The number of rotatable bonds is 6. The summed E-state index contributed by atoms with van der Waals surface area (Å²) in [6, 6.07) is 5.30. The zero-order valence-corrected chi connectivity index (χ0v) is 9.79. The topological polar surface area (TPSA) is 122 Å². The summed E-state index contributed by atoms with van der Waals surface area (Å²) in [5.74, 6) is 0.341. The van der Waals surface area contributed by atoms with Gasteiger partial charge in [0, 0.05) is 6.07 Å². The smallest absolute Gasteiger partial charge is 0.492 e. The molecule has 0 amide bonds. The van der Waals surface area contributed by atoms with Crippen LogP contribution in [0.15, 0.2) is 24.3 Å². The van der Waals surface area contributed by atoms with Gasteiger partial charge >= 0.3 is 7.82 Å². The van der Waals surface area contributed by atoms with Crippen LogP contribution in [0, 0.1) is 0 Å². The summed E-state index contributed by atoms with van der Waals surface area (Å²) in [5, 5.41) is 8.69. The van der Waals surface area contributed by atoms with E-state index in [1.165, 1.54) is 18.2 Å². The summed E-state index contributed by atoms with van der Waals surface area (Å²) in [6.07, 6.45) is 0. The number of benzene rings is 1. The average Bonchev–Trinajstić information content (AvgIpc) is 2.24. The monoisotopic (exact) mass is 263 g/mol. The van der Waals surface area contributed by atoms with Crippen molar-refractivity contribution >= 4 is 7.82 Å². The van der Waals surface area contributed by atoms with Gasteiger partial charge in [0.1, 0.15) is 18.1 Å². The molecule has 0 heterocycles. The summed E-state index contributed by atoms with van der Waals surface area (Å²) in [5.41, 5.74) is 5.43. The third-order valence-corrected chi connectivity index (χ3v) is 2.18. The minimum atomic E-state index is -4.57. The number of ether oxygens (including phenoxy) is 1. The van der Waals surface area contributed by atoms with E-state index in [1.807, 2.05) is 0 Å². The van der Waals surface area contributed by atoms with Gasteiger partial charge in [-0.1, -0.05) is 6.07 Å². The number of hydrogen-bond acceptors (Lipinski definition) is 5. The standard InChI is InChI=1S/C9H14NO6P/c10-7(5-11)6-15-8-2-1-3-9(4-8)16-17(12,13)14/h1-4,7,11H,5-6,10H2,(H2,12,13,14)/t7-/m1/s1. The third-order valence-electron chi connectivity index (χ3n) is 1.73. The minimum Gasteiger partial charge on any atom is -0.492 e. The van der Waals surface area contributed by atoms with Gasteiger partial charge < -0.3 is 20.1 Å². The molecule has 5 N–H and O–H groups in total. The summed E-state index contributed by atoms with van der Waals surface area (Å²) >= 11 is 0. The van der Waals surface area contributed by atoms with E-state index in [1.54, 1.807) is 6.07 Å². The average molecular weight is 263 g/mol. The number of nitrogens with two attached hydrogens (primary N) is 1. The first-order chi connectivity index (χ1) is 7.90. The zero-order chi connectivity index (χ0) is 12.9. The lowest BCUT2D eigenvalue weighted by Gasteiger charge is -2.12. The zero-order valence-electron chi connectivity index (χ0n) is 8.89. The second-order valence-electron chi connectivity index (χ2n) is 3.31. The van der Waals surface area contributed by atoms with Crippen LogP contribution in [0.5, 0.6) is 11.5 Å². The van der Waals surface area contributed by atoms with Crippen molar-refractivity contribution in [1.82, 2.24) is 0 Å². The fourth-order valence-corrected chi connectivity index (χ4v) is 1.40. The van der Waals surface area contributed by atoms with Crippen LogP contribution in [0.25, 0.3) is 0 Å². The Balaban J connectivity index is 2.63. The molecule has 0 fully saturated rings. The van der Waals surface area contributed by atoms with Gasteiger partial charge in [-0.25, -0.2) is 4.57 Å². The van der Waals surface area contributed by atoms with Crippen LogP contribution >= 0.6 is 7.82 Å². The maximum atomic E-state index is 10.6. The molecule has 0 saturated heterocycles. The lowest BCUT2D eigenvalue weighted by atomic mass is 10.3. The van der Waals surface area contributed by atoms with Gasteiger partial charge in [0.25, 0.3) is 0 Å². The van der Waals surface area contributed by atoms with Crippen LogP contribution < -0.4 is 15.0 Å². The Bertz CT molecular complexity index is 406. The molecule has 17 heavy (non-hydrogen) atoms. The fraction of sp³-hybridized carbons (Fsp3) is 0.333. The highest BCUT2D eigenvalue weighted by atomic mass is 31.2. The molecule has 0 aliphatic heterocycles. The molecule has 1 aromatic rings. The molecule has 96 valence electrons. The second kappa shape index (κ2) is 6.00. The Morgan fingerprint density at radius 1 is 1.35 bits per heavy atom. The number of hydrogen-bond donors (Lipinski definition) is 4. The molecular weight excluding hydrogens is 249 g/mol. The normalized spacial score (nSPS) is 13.2. The van der Waals surface area contributed by atoms with E-state index in [2.05, 4.69) is 4.52 Å². The molecular formula is C9H14NO6P. The molecule has 0 aliphatic rings. The van der Waals surface area contributed by atoms with E-state index in [4.69, 9.17) is 25.4 Å². The van der Waals surface area contributed by atoms with Gasteiger partial charge in [0.2, 0.25) is 0 Å². The molecule has 8 heteroatoms. The highest BCUT2D eigenvalue weighted by Crippen LogP contribution is 2.38. The number of aliphatic hydroxyl groups excluding tert-OH is 1. The predicted molar refractivity (Wildman–Crippen MR) is 59.7 cm³/mol. The number of phosphoric acid groups is 1. The Labute approximate surface area is 98.0 Å². The molecule has 0 spiro atoms. The van der Waals surface area contributed by atoms with Crippen molar-refractivity contribution in [3.05, 3.63) is 24.3 Å². The van der Waals surface area contributed by atoms with Crippen molar-refractivity contribution in [2.24, 2.45) is 5.73 Å². The SMILES string of the molecule is N[C@H](CO)COc1cccc(OP(=O)(O)O)c1. The Kier molecular flexibility index (Phi) is 4.92. The first kappa shape index (κ1) is 14.0. The molecule has 0 aliphatic carbocycles. The van der Waals surface area contributed by atoms with E-state index in [0.717, 1.165) is 0 Å². The Morgan fingerprint density at radius 3 is 2.59 bits per heavy atom. The second-order valence-corrected chi connectivity index (χ2v) is 4.47. The van der Waals surface area contributed by atoms with E-state index in [0.29, 0.717) is 5.75 Å². The number of aliphatic hydroxyl groups is 1. The summed E-state index contributed by atoms with van der Waals surface area (Å²) in [4.78, 5) is 17.2. The van der Waals surface area contributed by atoms with Gasteiger partial charge in [-0.3, -0.25) is 9.79 Å². The first-order valence-corrected chi connectivity index (χ1v) is 6.28. The van der Waals surface area contributed by atoms with Crippen molar-refractivity contribution < 1.29 is 28.7 Å². The van der Waals surface area contributed by atoms with Crippen LogP contribution in [-0.2, 0) is 4.57 Å². The van der Waals surface area contributed by atoms with Crippen LogP contribution in [0.2, 0.25) is 0 Å². The highest BCUT2D eigenvalue weighted by molar-refractivity contribution is 7.46. The highest BCUT2D eigenvalue weighted by Gasteiger charge is 2.16. The van der Waals surface area contributed by atoms with Crippen molar-refractivity contribution in [2.75, 3.05) is 13.2 Å². The predicted octanol–water partition coefficient (Wildman–Crippen LogP) is -0.144. The molecule has 0 saturated carbocycles. The maximum absolute atomic E-state index is 10.6. The molecule has 1 atom stereocenters. The van der Waals surface area contributed by atoms with E-state index < -0.39 is 13.9 Å². The van der Waals surface area contributed by atoms with Gasteiger partial charge in [0.15, 0.2) is 0 Å².